The van der Waals surface area contributed by atoms with E-state index in [0.29, 0.717) is 23.6 Å². The molecule has 0 unspecified atom stereocenters. The van der Waals surface area contributed by atoms with E-state index in [1.54, 1.807) is 6.26 Å². The van der Waals surface area contributed by atoms with Crippen LogP contribution in [0.3, 0.4) is 0 Å². The molecule has 0 aromatic carbocycles. The van der Waals surface area contributed by atoms with Crippen LogP contribution >= 0.6 is 0 Å². The van der Waals surface area contributed by atoms with Crippen molar-refractivity contribution in [3.05, 3.63) is 24.3 Å². The summed E-state index contributed by atoms with van der Waals surface area (Å²) in [6.07, 6.45) is 4.45. The minimum absolute atomic E-state index is 0.117. The third-order valence-electron chi connectivity index (χ3n) is 4.98. The first kappa shape index (κ1) is 15.8. The Labute approximate surface area is 141 Å². The Morgan fingerprint density at radius 3 is 2.88 bits per heavy atom. The van der Waals surface area contributed by atoms with Crippen LogP contribution in [-0.4, -0.2) is 65.4 Å². The summed E-state index contributed by atoms with van der Waals surface area (Å²) in [5.41, 5.74) is 0. The first-order chi connectivity index (χ1) is 11.8. The molecule has 2 aliphatic rings. The van der Waals surface area contributed by atoms with E-state index in [1.165, 1.54) is 12.8 Å². The molecule has 7 heteroatoms. The smallest absolute Gasteiger partial charge is 0.244 e. The molecular weight excluding hydrogens is 308 g/mol. The highest BCUT2D eigenvalue weighted by atomic mass is 16.5. The average Bonchev–Trinajstić information content (AvgIpc) is 3.36. The number of ether oxygens (including phenoxy) is 1. The Kier molecular flexibility index (Phi) is 4.64. The fourth-order valence-electron chi connectivity index (χ4n) is 3.48. The summed E-state index contributed by atoms with van der Waals surface area (Å²) in [4.78, 5) is 9.38. The highest BCUT2D eigenvalue weighted by molar-refractivity contribution is 5.44. The van der Waals surface area contributed by atoms with Crippen LogP contribution in [0.4, 0.5) is 0 Å². The number of hydrogen-bond acceptors (Lipinski definition) is 7. The van der Waals surface area contributed by atoms with Crippen LogP contribution in [0.25, 0.3) is 11.6 Å². The third-order valence-corrected chi connectivity index (χ3v) is 4.98. The summed E-state index contributed by atoms with van der Waals surface area (Å²) in [5.74, 6) is 1.80. The van der Waals surface area contributed by atoms with Crippen molar-refractivity contribution in [2.75, 3.05) is 39.3 Å². The number of furan rings is 1. The maximum absolute atomic E-state index is 5.74. The van der Waals surface area contributed by atoms with Gasteiger partial charge in [-0.15, -0.1) is 0 Å². The van der Waals surface area contributed by atoms with E-state index in [9.17, 15) is 0 Å². The number of rotatable bonds is 5. The van der Waals surface area contributed by atoms with Gasteiger partial charge in [0.25, 0.3) is 0 Å². The molecule has 2 aromatic heterocycles. The number of nitrogens with zero attached hydrogens (tertiary/aromatic N) is 4. The minimum Gasteiger partial charge on any atom is -0.461 e. The second-order valence-corrected chi connectivity index (χ2v) is 6.58. The van der Waals surface area contributed by atoms with Crippen LogP contribution in [-0.2, 0) is 4.74 Å². The Balaban J connectivity index is 1.32. The fraction of sp³-hybridized carbons (Fsp3) is 0.647. The molecule has 2 fully saturated rings. The summed E-state index contributed by atoms with van der Waals surface area (Å²) < 4.78 is 16.5. The summed E-state index contributed by atoms with van der Waals surface area (Å²) >= 11 is 0. The van der Waals surface area contributed by atoms with E-state index in [0.717, 1.165) is 39.3 Å². The van der Waals surface area contributed by atoms with E-state index in [2.05, 4.69) is 26.9 Å². The summed E-state index contributed by atoms with van der Waals surface area (Å²) in [6, 6.07) is 3.77. The van der Waals surface area contributed by atoms with Gasteiger partial charge in [0.2, 0.25) is 11.7 Å². The van der Waals surface area contributed by atoms with Crippen LogP contribution in [0.15, 0.2) is 27.3 Å². The number of piperazine rings is 1. The Morgan fingerprint density at radius 2 is 2.17 bits per heavy atom. The molecule has 0 spiro atoms. The maximum Gasteiger partial charge on any atom is 0.244 e. The molecule has 4 heterocycles. The maximum atomic E-state index is 5.74. The lowest BCUT2D eigenvalue weighted by Gasteiger charge is -2.37. The largest absolute Gasteiger partial charge is 0.461 e. The lowest BCUT2D eigenvalue weighted by molar-refractivity contribution is 0.0379. The third kappa shape index (κ3) is 3.38. The van der Waals surface area contributed by atoms with Crippen molar-refractivity contribution in [3.8, 4) is 11.6 Å². The highest BCUT2D eigenvalue weighted by Crippen LogP contribution is 2.24. The zero-order valence-corrected chi connectivity index (χ0v) is 14.1. The van der Waals surface area contributed by atoms with Gasteiger partial charge in [-0.05, 0) is 31.9 Å². The van der Waals surface area contributed by atoms with Crippen molar-refractivity contribution in [2.24, 2.45) is 0 Å². The molecule has 0 saturated carbocycles. The second-order valence-electron chi connectivity index (χ2n) is 6.58. The van der Waals surface area contributed by atoms with E-state index >= 15 is 0 Å². The standard InChI is InChI=1S/C17H24N4O3/c1-13(17-18-16(19-24-17)15-5-3-11-23-15)21-8-6-20(7-9-21)12-14-4-2-10-22-14/h3,5,11,13-14H,2,4,6-10,12H2,1H3/t13-,14+/m1/s1. The zero-order valence-electron chi connectivity index (χ0n) is 14.1. The van der Waals surface area contributed by atoms with Crippen molar-refractivity contribution in [3.63, 3.8) is 0 Å². The molecule has 4 rings (SSSR count). The minimum atomic E-state index is 0.117. The van der Waals surface area contributed by atoms with Crippen LogP contribution in [0.1, 0.15) is 31.7 Å². The van der Waals surface area contributed by atoms with Gasteiger partial charge in [0, 0.05) is 39.3 Å². The summed E-state index contributed by atoms with van der Waals surface area (Å²) in [6.45, 7) is 8.24. The predicted octanol–water partition coefficient (Wildman–Crippen LogP) is 2.19. The van der Waals surface area contributed by atoms with Gasteiger partial charge in [-0.1, -0.05) is 5.16 Å². The quantitative estimate of drug-likeness (QED) is 0.831. The van der Waals surface area contributed by atoms with Crippen molar-refractivity contribution < 1.29 is 13.7 Å². The van der Waals surface area contributed by atoms with Gasteiger partial charge in [-0.2, -0.15) is 4.98 Å². The Bertz CT molecular complexity index is 628. The number of hydrogen-bond donors (Lipinski definition) is 0. The van der Waals surface area contributed by atoms with Crippen LogP contribution in [0.5, 0.6) is 0 Å². The van der Waals surface area contributed by atoms with Gasteiger partial charge in [-0.25, -0.2) is 0 Å². The molecule has 0 bridgehead atoms. The van der Waals surface area contributed by atoms with Gasteiger partial charge in [0.15, 0.2) is 5.76 Å². The topological polar surface area (TPSA) is 67.8 Å². The zero-order chi connectivity index (χ0) is 16.4. The molecule has 2 aromatic rings. The van der Waals surface area contributed by atoms with Crippen molar-refractivity contribution in [2.45, 2.75) is 31.9 Å². The normalized spacial score (nSPS) is 24.5. The van der Waals surface area contributed by atoms with Crippen molar-refractivity contribution >= 4 is 0 Å². The second kappa shape index (κ2) is 7.04. The molecule has 0 aliphatic carbocycles. The molecule has 0 amide bonds. The monoisotopic (exact) mass is 332 g/mol. The Hall–Kier alpha value is -1.70. The van der Waals surface area contributed by atoms with E-state index < -0.39 is 0 Å². The van der Waals surface area contributed by atoms with Crippen molar-refractivity contribution in [1.29, 1.82) is 0 Å². The van der Waals surface area contributed by atoms with E-state index in [-0.39, 0.29) is 6.04 Å². The van der Waals surface area contributed by atoms with Crippen LogP contribution in [0.2, 0.25) is 0 Å². The molecule has 2 saturated heterocycles. The first-order valence-corrected chi connectivity index (χ1v) is 8.75. The SMILES string of the molecule is C[C@H](c1nc(-c2ccco2)no1)N1CCN(C[C@@H]2CCCO2)CC1. The molecule has 0 radical (unpaired) electrons. The lowest BCUT2D eigenvalue weighted by atomic mass is 10.2. The molecule has 24 heavy (non-hydrogen) atoms. The predicted molar refractivity (Wildman–Crippen MR) is 87.4 cm³/mol. The Morgan fingerprint density at radius 1 is 1.29 bits per heavy atom. The van der Waals surface area contributed by atoms with Gasteiger partial charge >= 0.3 is 0 Å². The molecule has 2 aliphatic heterocycles. The van der Waals surface area contributed by atoms with Crippen LogP contribution < -0.4 is 0 Å². The number of aromatic nitrogens is 2. The highest BCUT2D eigenvalue weighted by Gasteiger charge is 2.28. The summed E-state index contributed by atoms with van der Waals surface area (Å²) in [7, 11) is 0. The first-order valence-electron chi connectivity index (χ1n) is 8.75. The van der Waals surface area contributed by atoms with E-state index in [4.69, 9.17) is 13.7 Å². The lowest BCUT2D eigenvalue weighted by Crippen LogP contribution is -2.49. The van der Waals surface area contributed by atoms with Gasteiger partial charge in [0.05, 0.1) is 18.4 Å². The van der Waals surface area contributed by atoms with Gasteiger partial charge in [-0.3, -0.25) is 9.80 Å². The van der Waals surface area contributed by atoms with Crippen molar-refractivity contribution in [1.82, 2.24) is 19.9 Å². The average molecular weight is 332 g/mol. The summed E-state index contributed by atoms with van der Waals surface area (Å²) in [5, 5.41) is 4.02. The molecule has 7 nitrogen and oxygen atoms in total. The van der Waals surface area contributed by atoms with Gasteiger partial charge in [0.1, 0.15) is 0 Å². The molecule has 2 atom stereocenters. The van der Waals surface area contributed by atoms with E-state index in [1.807, 2.05) is 12.1 Å². The molecular formula is C17H24N4O3. The van der Waals surface area contributed by atoms with Crippen LogP contribution in [0, 0.1) is 0 Å². The fourth-order valence-corrected chi connectivity index (χ4v) is 3.48. The molecule has 130 valence electrons. The van der Waals surface area contributed by atoms with Gasteiger partial charge < -0.3 is 13.7 Å². The molecule has 0 N–H and O–H groups in total.